The van der Waals surface area contributed by atoms with Gasteiger partial charge in [-0.25, -0.2) is 17.9 Å². The quantitative estimate of drug-likeness (QED) is 0.403. The molecule has 0 atom stereocenters. The van der Waals surface area contributed by atoms with Crippen LogP contribution in [-0.2, 0) is 21.3 Å². The number of ether oxygens (including phenoxy) is 2. The van der Waals surface area contributed by atoms with Crippen molar-refractivity contribution >= 4 is 16.0 Å². The summed E-state index contributed by atoms with van der Waals surface area (Å²) in [5, 5.41) is 0. The molecule has 0 fully saturated rings. The molecule has 0 aliphatic carbocycles. The number of nitrogens with one attached hydrogen (secondary N) is 1. The molecule has 1 N–H and O–H groups in total. The van der Waals surface area contributed by atoms with Gasteiger partial charge < -0.3 is 13.9 Å². The lowest BCUT2D eigenvalue weighted by molar-refractivity contribution is 0.0486. The standard InChI is InChI=1S/C21H21NO6S/c23-21(28-15-5-14-26-18-6-2-1-3-7-18)17-9-11-20(12-10-17)29(24,25)22-16-19-8-4-13-27-19/h1-4,6-13,22H,5,14-16H2. The maximum Gasteiger partial charge on any atom is 0.338 e. The smallest absolute Gasteiger partial charge is 0.338 e. The van der Waals surface area contributed by atoms with Gasteiger partial charge in [0.15, 0.2) is 0 Å². The Morgan fingerprint density at radius 3 is 2.38 bits per heavy atom. The molecule has 0 saturated heterocycles. The summed E-state index contributed by atoms with van der Waals surface area (Å²) in [5.41, 5.74) is 0.277. The molecule has 0 unspecified atom stereocenters. The summed E-state index contributed by atoms with van der Waals surface area (Å²) in [6.45, 7) is 0.677. The first-order chi connectivity index (χ1) is 14.0. The van der Waals surface area contributed by atoms with Crippen LogP contribution in [0.5, 0.6) is 5.75 Å². The molecule has 8 heteroatoms. The van der Waals surface area contributed by atoms with E-state index in [-0.39, 0.29) is 23.6 Å². The lowest BCUT2D eigenvalue weighted by atomic mass is 10.2. The Hall–Kier alpha value is -3.10. The van der Waals surface area contributed by atoms with E-state index in [0.717, 1.165) is 5.75 Å². The second kappa shape index (κ2) is 9.90. The molecule has 3 aromatic rings. The van der Waals surface area contributed by atoms with Gasteiger partial charge in [0.05, 0.1) is 36.5 Å². The molecule has 0 aliphatic heterocycles. The number of sulfonamides is 1. The maximum atomic E-state index is 12.3. The van der Waals surface area contributed by atoms with Gasteiger partial charge in [0.2, 0.25) is 10.0 Å². The lowest BCUT2D eigenvalue weighted by Crippen LogP contribution is -2.23. The van der Waals surface area contributed by atoms with Gasteiger partial charge in [-0.15, -0.1) is 0 Å². The predicted octanol–water partition coefficient (Wildman–Crippen LogP) is 3.38. The Kier molecular flexibility index (Phi) is 7.04. The molecule has 29 heavy (non-hydrogen) atoms. The fourth-order valence-corrected chi connectivity index (χ4v) is 3.44. The molecule has 3 rings (SSSR count). The first-order valence-corrected chi connectivity index (χ1v) is 10.5. The molecule has 7 nitrogen and oxygen atoms in total. The zero-order valence-corrected chi connectivity index (χ0v) is 16.4. The molecule has 0 bridgehead atoms. The number of benzene rings is 2. The van der Waals surface area contributed by atoms with Crippen LogP contribution in [0.2, 0.25) is 0 Å². The van der Waals surface area contributed by atoms with Crippen LogP contribution in [0, 0.1) is 0 Å². The normalized spacial score (nSPS) is 11.2. The molecule has 0 spiro atoms. The average Bonchev–Trinajstić information content (AvgIpc) is 3.27. The molecule has 0 amide bonds. The number of esters is 1. The first-order valence-electron chi connectivity index (χ1n) is 9.02. The molecule has 1 aromatic heterocycles. The molecule has 0 saturated carbocycles. The summed E-state index contributed by atoms with van der Waals surface area (Å²) in [5.74, 6) is 0.749. The largest absolute Gasteiger partial charge is 0.493 e. The van der Waals surface area contributed by atoms with E-state index in [9.17, 15) is 13.2 Å². The van der Waals surface area contributed by atoms with Gasteiger partial charge in [-0.05, 0) is 48.5 Å². The minimum Gasteiger partial charge on any atom is -0.493 e. The van der Waals surface area contributed by atoms with Gasteiger partial charge in [0, 0.05) is 6.42 Å². The summed E-state index contributed by atoms with van der Waals surface area (Å²) in [4.78, 5) is 12.1. The number of furan rings is 1. The third-order valence-electron chi connectivity index (χ3n) is 3.95. The van der Waals surface area contributed by atoms with Gasteiger partial charge in [0.1, 0.15) is 11.5 Å². The molecule has 0 aliphatic rings. The SMILES string of the molecule is O=C(OCCCOc1ccccc1)c1ccc(S(=O)(=O)NCc2ccco2)cc1. The third kappa shape index (κ3) is 6.20. The second-order valence-electron chi connectivity index (χ2n) is 6.08. The van der Waals surface area contributed by atoms with Gasteiger partial charge >= 0.3 is 5.97 Å². The first kappa shape index (κ1) is 20.6. The number of para-hydroxylation sites is 1. The van der Waals surface area contributed by atoms with Crippen molar-refractivity contribution in [3.05, 3.63) is 84.3 Å². The highest BCUT2D eigenvalue weighted by molar-refractivity contribution is 7.89. The van der Waals surface area contributed by atoms with Crippen molar-refractivity contribution in [1.29, 1.82) is 0 Å². The van der Waals surface area contributed by atoms with E-state index in [0.29, 0.717) is 18.8 Å². The van der Waals surface area contributed by atoms with Crippen molar-refractivity contribution in [1.82, 2.24) is 4.72 Å². The maximum absolute atomic E-state index is 12.3. The summed E-state index contributed by atoms with van der Waals surface area (Å²) in [6, 6.07) is 18.3. The Labute approximate surface area is 169 Å². The molecule has 0 radical (unpaired) electrons. The van der Waals surface area contributed by atoms with E-state index in [1.165, 1.54) is 30.5 Å². The van der Waals surface area contributed by atoms with Gasteiger partial charge in [-0.2, -0.15) is 0 Å². The van der Waals surface area contributed by atoms with Crippen LogP contribution in [0.15, 0.2) is 82.3 Å². The highest BCUT2D eigenvalue weighted by Crippen LogP contribution is 2.13. The average molecular weight is 415 g/mol. The Balaban J connectivity index is 1.44. The fraction of sp³-hybridized carbons (Fsp3) is 0.190. The van der Waals surface area contributed by atoms with Gasteiger partial charge in [0.25, 0.3) is 0 Å². The van der Waals surface area contributed by atoms with E-state index in [2.05, 4.69) is 4.72 Å². The van der Waals surface area contributed by atoms with Crippen LogP contribution in [0.25, 0.3) is 0 Å². The van der Waals surface area contributed by atoms with Crippen molar-refractivity contribution in [2.45, 2.75) is 17.9 Å². The second-order valence-corrected chi connectivity index (χ2v) is 7.85. The monoisotopic (exact) mass is 415 g/mol. The summed E-state index contributed by atoms with van der Waals surface area (Å²) < 4.78 is 42.8. The molecule has 2 aromatic carbocycles. The van der Waals surface area contributed by atoms with Crippen molar-refractivity contribution < 1.29 is 27.1 Å². The summed E-state index contributed by atoms with van der Waals surface area (Å²) >= 11 is 0. The van der Waals surface area contributed by atoms with Crippen LogP contribution in [0.4, 0.5) is 0 Å². The molecular weight excluding hydrogens is 394 g/mol. The van der Waals surface area contributed by atoms with E-state index < -0.39 is 16.0 Å². The van der Waals surface area contributed by atoms with E-state index in [1.54, 1.807) is 12.1 Å². The van der Waals surface area contributed by atoms with Crippen molar-refractivity contribution in [3.63, 3.8) is 0 Å². The Morgan fingerprint density at radius 2 is 1.69 bits per heavy atom. The van der Waals surface area contributed by atoms with Crippen molar-refractivity contribution in [3.8, 4) is 5.75 Å². The molecular formula is C21H21NO6S. The zero-order chi connectivity index (χ0) is 20.5. The van der Waals surface area contributed by atoms with Crippen molar-refractivity contribution in [2.75, 3.05) is 13.2 Å². The minimum absolute atomic E-state index is 0.0458. The highest BCUT2D eigenvalue weighted by atomic mass is 32.2. The summed E-state index contributed by atoms with van der Waals surface area (Å²) in [7, 11) is -3.71. The predicted molar refractivity (Wildman–Crippen MR) is 106 cm³/mol. The number of hydrogen-bond acceptors (Lipinski definition) is 6. The Bertz CT molecular complexity index is 999. The summed E-state index contributed by atoms with van der Waals surface area (Å²) in [6.07, 6.45) is 2.02. The minimum atomic E-state index is -3.71. The van der Waals surface area contributed by atoms with Crippen LogP contribution in [0.3, 0.4) is 0 Å². The third-order valence-corrected chi connectivity index (χ3v) is 5.37. The highest BCUT2D eigenvalue weighted by Gasteiger charge is 2.16. The van der Waals surface area contributed by atoms with Crippen LogP contribution in [0.1, 0.15) is 22.5 Å². The van der Waals surface area contributed by atoms with Gasteiger partial charge in [-0.3, -0.25) is 0 Å². The fourth-order valence-electron chi connectivity index (χ4n) is 2.45. The number of carbonyl (C=O) groups excluding carboxylic acids is 1. The number of carbonyl (C=O) groups is 1. The van der Waals surface area contributed by atoms with Crippen LogP contribution in [-0.4, -0.2) is 27.6 Å². The Morgan fingerprint density at radius 1 is 0.931 bits per heavy atom. The molecule has 1 heterocycles. The lowest BCUT2D eigenvalue weighted by Gasteiger charge is -2.08. The van der Waals surface area contributed by atoms with Crippen molar-refractivity contribution in [2.24, 2.45) is 0 Å². The van der Waals surface area contributed by atoms with Crippen LogP contribution < -0.4 is 9.46 Å². The van der Waals surface area contributed by atoms with E-state index in [1.807, 2.05) is 30.3 Å². The zero-order valence-electron chi connectivity index (χ0n) is 15.6. The van der Waals surface area contributed by atoms with Gasteiger partial charge in [-0.1, -0.05) is 18.2 Å². The van der Waals surface area contributed by atoms with Crippen LogP contribution >= 0.6 is 0 Å². The molecule has 152 valence electrons. The van der Waals surface area contributed by atoms with E-state index in [4.69, 9.17) is 13.9 Å². The number of hydrogen-bond donors (Lipinski definition) is 1. The topological polar surface area (TPSA) is 94.8 Å². The van der Waals surface area contributed by atoms with E-state index >= 15 is 0 Å². The number of rotatable bonds is 10.